The lowest BCUT2D eigenvalue weighted by atomic mass is 10.4. The van der Waals surface area contributed by atoms with Crippen LogP contribution in [0.1, 0.15) is 42.8 Å². The third-order valence-corrected chi connectivity index (χ3v) is 5.21. The van der Waals surface area contributed by atoms with Crippen molar-refractivity contribution in [2.45, 2.75) is 51.3 Å². The first kappa shape index (κ1) is 17.1. The molecule has 1 saturated carbocycles. The topological polar surface area (TPSA) is 49.4 Å². The summed E-state index contributed by atoms with van der Waals surface area (Å²) in [7, 11) is 0. The first-order chi connectivity index (χ1) is 11.3. The van der Waals surface area contributed by atoms with Gasteiger partial charge < -0.3 is 15.4 Å². The largest absolute Gasteiger partial charge is 0.375 e. The Hall–Kier alpha value is -0.760. The molecule has 0 amide bonds. The Morgan fingerprint density at radius 2 is 2.22 bits per heavy atom. The van der Waals surface area contributed by atoms with Crippen LogP contribution in [0.25, 0.3) is 0 Å². The van der Waals surface area contributed by atoms with E-state index in [1.165, 1.54) is 43.8 Å². The lowest BCUT2D eigenvalue weighted by Crippen LogP contribution is -2.37. The quantitative estimate of drug-likeness (QED) is 0.524. The highest BCUT2D eigenvalue weighted by molar-refractivity contribution is 7.80. The fraction of sp³-hybridized carbons (Fsp3) is 0.750. The minimum Gasteiger partial charge on any atom is -0.375 e. The van der Waals surface area contributed by atoms with E-state index in [4.69, 9.17) is 17.0 Å². The first-order valence-corrected chi connectivity index (χ1v) is 9.86. The molecule has 23 heavy (non-hydrogen) atoms. The third-order valence-electron chi connectivity index (χ3n) is 4.07. The van der Waals surface area contributed by atoms with Gasteiger partial charge in [-0.25, -0.2) is 4.98 Å². The number of thiazole rings is 1. The fourth-order valence-electron chi connectivity index (χ4n) is 2.64. The number of nitrogens with zero attached hydrogens (tertiary/aromatic N) is 2. The molecule has 0 unspecified atom stereocenters. The fourth-order valence-corrected chi connectivity index (χ4v) is 3.73. The molecule has 0 aromatic carbocycles. The predicted octanol–water partition coefficient (Wildman–Crippen LogP) is 2.27. The molecular weight excluding hydrogens is 328 g/mol. The van der Waals surface area contributed by atoms with E-state index < -0.39 is 0 Å². The average molecular weight is 355 g/mol. The summed E-state index contributed by atoms with van der Waals surface area (Å²) in [5.74, 6) is 0. The van der Waals surface area contributed by atoms with E-state index in [0.29, 0.717) is 12.6 Å². The SMILES string of the molecule is S=C(NCCCOCc1csc(CN2CCCC2)n1)NC1CC1. The second-order valence-corrected chi connectivity index (χ2v) is 7.65. The molecule has 3 rings (SSSR count). The maximum Gasteiger partial charge on any atom is 0.166 e. The molecule has 0 atom stereocenters. The van der Waals surface area contributed by atoms with Gasteiger partial charge in [0.1, 0.15) is 5.01 Å². The molecule has 2 N–H and O–H groups in total. The summed E-state index contributed by atoms with van der Waals surface area (Å²) < 4.78 is 5.71. The molecule has 1 aromatic rings. The van der Waals surface area contributed by atoms with E-state index in [1.54, 1.807) is 11.3 Å². The van der Waals surface area contributed by atoms with E-state index >= 15 is 0 Å². The summed E-state index contributed by atoms with van der Waals surface area (Å²) in [6.45, 7) is 5.64. The molecule has 0 spiro atoms. The van der Waals surface area contributed by atoms with Crippen molar-refractivity contribution in [3.63, 3.8) is 0 Å². The van der Waals surface area contributed by atoms with Crippen LogP contribution in [0, 0.1) is 0 Å². The number of nitrogens with one attached hydrogen (secondary N) is 2. The molecule has 1 saturated heterocycles. The van der Waals surface area contributed by atoms with Gasteiger partial charge in [0.05, 0.1) is 18.8 Å². The maximum atomic E-state index is 5.71. The molecule has 1 aliphatic carbocycles. The number of likely N-dealkylation sites (tertiary alicyclic amines) is 1. The van der Waals surface area contributed by atoms with E-state index in [-0.39, 0.29) is 0 Å². The highest BCUT2D eigenvalue weighted by Gasteiger charge is 2.21. The zero-order valence-corrected chi connectivity index (χ0v) is 15.2. The summed E-state index contributed by atoms with van der Waals surface area (Å²) in [5, 5.41) is 10.6. The van der Waals surface area contributed by atoms with Crippen molar-refractivity contribution < 1.29 is 4.74 Å². The highest BCUT2D eigenvalue weighted by Crippen LogP contribution is 2.18. The van der Waals surface area contributed by atoms with Crippen LogP contribution in [0.15, 0.2) is 5.38 Å². The summed E-state index contributed by atoms with van der Waals surface area (Å²) in [4.78, 5) is 7.14. The van der Waals surface area contributed by atoms with E-state index in [2.05, 4.69) is 25.9 Å². The van der Waals surface area contributed by atoms with Crippen molar-refractivity contribution in [2.75, 3.05) is 26.2 Å². The van der Waals surface area contributed by atoms with Crippen LogP contribution in [-0.2, 0) is 17.9 Å². The Morgan fingerprint density at radius 1 is 1.39 bits per heavy atom. The lowest BCUT2D eigenvalue weighted by molar-refractivity contribution is 0.117. The molecule has 2 aliphatic rings. The van der Waals surface area contributed by atoms with Crippen molar-refractivity contribution in [3.05, 3.63) is 16.1 Å². The first-order valence-electron chi connectivity index (χ1n) is 8.57. The summed E-state index contributed by atoms with van der Waals surface area (Å²) in [5.41, 5.74) is 1.06. The second-order valence-electron chi connectivity index (χ2n) is 6.30. The number of thiocarbonyl (C=S) groups is 1. The molecule has 2 fully saturated rings. The van der Waals surface area contributed by atoms with Gasteiger partial charge >= 0.3 is 0 Å². The zero-order valence-electron chi connectivity index (χ0n) is 13.6. The Labute approximate surface area is 147 Å². The smallest absolute Gasteiger partial charge is 0.166 e. The van der Waals surface area contributed by atoms with Gasteiger partial charge in [-0.1, -0.05) is 0 Å². The summed E-state index contributed by atoms with van der Waals surface area (Å²) in [6, 6.07) is 0.616. The van der Waals surface area contributed by atoms with Crippen LogP contribution in [0.2, 0.25) is 0 Å². The normalized spacial score (nSPS) is 18.3. The Balaban J connectivity index is 1.22. The molecular formula is C16H26N4OS2. The highest BCUT2D eigenvalue weighted by atomic mass is 32.1. The van der Waals surface area contributed by atoms with Gasteiger partial charge in [0.25, 0.3) is 0 Å². The number of rotatable bonds is 9. The zero-order chi connectivity index (χ0) is 15.9. The van der Waals surface area contributed by atoms with Gasteiger partial charge in [-0.15, -0.1) is 11.3 Å². The molecule has 0 radical (unpaired) electrons. The van der Waals surface area contributed by atoms with E-state index in [0.717, 1.165) is 36.9 Å². The molecule has 1 aromatic heterocycles. The third kappa shape index (κ3) is 6.33. The van der Waals surface area contributed by atoms with Crippen LogP contribution in [0.3, 0.4) is 0 Å². The molecule has 7 heteroatoms. The van der Waals surface area contributed by atoms with Crippen LogP contribution < -0.4 is 10.6 Å². The van der Waals surface area contributed by atoms with E-state index in [9.17, 15) is 0 Å². The molecule has 0 bridgehead atoms. The lowest BCUT2D eigenvalue weighted by Gasteiger charge is -2.11. The van der Waals surface area contributed by atoms with Crippen LogP contribution in [-0.4, -0.2) is 47.3 Å². The van der Waals surface area contributed by atoms with Gasteiger partial charge in [0.2, 0.25) is 0 Å². The monoisotopic (exact) mass is 354 g/mol. The summed E-state index contributed by atoms with van der Waals surface area (Å²) >= 11 is 6.96. The van der Waals surface area contributed by atoms with Crippen molar-refractivity contribution in [2.24, 2.45) is 0 Å². The van der Waals surface area contributed by atoms with Gasteiger partial charge in [-0.05, 0) is 57.4 Å². The minimum atomic E-state index is 0.612. The van der Waals surface area contributed by atoms with Crippen molar-refractivity contribution in [1.82, 2.24) is 20.5 Å². The second kappa shape index (κ2) is 8.92. The standard InChI is InChI=1S/C16H26N4OS2/c22-16(19-13-4-5-13)17-6-3-9-21-11-14-12-23-15(18-14)10-20-7-1-2-8-20/h12-13H,1-11H2,(H2,17,19,22). The molecule has 1 aliphatic heterocycles. The number of hydrogen-bond acceptors (Lipinski definition) is 5. The summed E-state index contributed by atoms with van der Waals surface area (Å²) in [6.07, 6.45) is 6.11. The Bertz CT molecular complexity index is 498. The van der Waals surface area contributed by atoms with Crippen LogP contribution >= 0.6 is 23.6 Å². The van der Waals surface area contributed by atoms with Crippen LogP contribution in [0.4, 0.5) is 0 Å². The van der Waals surface area contributed by atoms with Crippen molar-refractivity contribution in [3.8, 4) is 0 Å². The van der Waals surface area contributed by atoms with Crippen molar-refractivity contribution >= 4 is 28.7 Å². The van der Waals surface area contributed by atoms with Crippen LogP contribution in [0.5, 0.6) is 0 Å². The number of aromatic nitrogens is 1. The number of ether oxygens (including phenoxy) is 1. The average Bonchev–Trinajstić information content (AvgIpc) is 3.01. The predicted molar refractivity (Wildman–Crippen MR) is 97.7 cm³/mol. The van der Waals surface area contributed by atoms with Crippen molar-refractivity contribution in [1.29, 1.82) is 0 Å². The Kier molecular flexibility index (Phi) is 6.62. The van der Waals surface area contributed by atoms with E-state index in [1.807, 2.05) is 0 Å². The molecule has 128 valence electrons. The van der Waals surface area contributed by atoms with Gasteiger partial charge in [0, 0.05) is 24.6 Å². The Morgan fingerprint density at radius 3 is 3.00 bits per heavy atom. The van der Waals surface area contributed by atoms with Gasteiger partial charge in [-0.2, -0.15) is 0 Å². The molecule has 5 nitrogen and oxygen atoms in total. The molecule has 2 heterocycles. The van der Waals surface area contributed by atoms with Gasteiger partial charge in [0.15, 0.2) is 5.11 Å². The number of hydrogen-bond donors (Lipinski definition) is 2. The maximum absolute atomic E-state index is 5.71. The minimum absolute atomic E-state index is 0.612. The van der Waals surface area contributed by atoms with Gasteiger partial charge in [-0.3, -0.25) is 4.90 Å².